The van der Waals surface area contributed by atoms with E-state index in [4.69, 9.17) is 14.6 Å². The first kappa shape index (κ1) is 24.7. The molecule has 3 N–H and O–H groups in total. The summed E-state index contributed by atoms with van der Waals surface area (Å²) in [6.07, 6.45) is 0.617. The van der Waals surface area contributed by atoms with Crippen LogP contribution in [-0.2, 0) is 19.1 Å². The van der Waals surface area contributed by atoms with Crippen molar-refractivity contribution in [1.82, 2.24) is 10.6 Å². The first-order chi connectivity index (χ1) is 17.0. The highest BCUT2D eigenvalue weighted by Gasteiger charge is 2.32. The lowest BCUT2D eigenvalue weighted by Crippen LogP contribution is -2.48. The van der Waals surface area contributed by atoms with Crippen LogP contribution in [0.5, 0.6) is 0 Å². The maximum absolute atomic E-state index is 12.7. The minimum atomic E-state index is -0.951. The van der Waals surface area contributed by atoms with E-state index in [-0.39, 0.29) is 43.2 Å². The molecular weight excluding hydrogens is 448 g/mol. The van der Waals surface area contributed by atoms with Gasteiger partial charge in [0.25, 0.3) is 0 Å². The van der Waals surface area contributed by atoms with E-state index in [1.54, 1.807) is 0 Å². The van der Waals surface area contributed by atoms with Crippen molar-refractivity contribution in [2.75, 3.05) is 19.8 Å². The summed E-state index contributed by atoms with van der Waals surface area (Å²) < 4.78 is 11.2. The molecule has 186 valence electrons. The summed E-state index contributed by atoms with van der Waals surface area (Å²) >= 11 is 0. The van der Waals surface area contributed by atoms with Gasteiger partial charge in [0.2, 0.25) is 5.91 Å². The molecule has 2 aliphatic rings. The van der Waals surface area contributed by atoms with Crippen LogP contribution in [0.15, 0.2) is 48.5 Å². The van der Waals surface area contributed by atoms with E-state index in [9.17, 15) is 14.4 Å². The zero-order valence-electron chi connectivity index (χ0n) is 19.9. The Kier molecular flexibility index (Phi) is 8.02. The first-order valence-corrected chi connectivity index (χ1v) is 12.2. The lowest BCUT2D eigenvalue weighted by molar-refractivity contribution is -0.137. The van der Waals surface area contributed by atoms with Crippen LogP contribution in [0.1, 0.15) is 49.7 Å². The lowest BCUT2D eigenvalue weighted by atomic mass is 9.92. The van der Waals surface area contributed by atoms with Crippen LogP contribution >= 0.6 is 0 Å². The molecule has 0 bridgehead atoms. The van der Waals surface area contributed by atoms with Gasteiger partial charge in [-0.1, -0.05) is 55.5 Å². The van der Waals surface area contributed by atoms with Crippen LogP contribution < -0.4 is 10.6 Å². The number of benzene rings is 2. The lowest BCUT2D eigenvalue weighted by Gasteiger charge is -2.32. The molecule has 0 radical (unpaired) electrons. The van der Waals surface area contributed by atoms with Gasteiger partial charge in [0.1, 0.15) is 6.61 Å². The average Bonchev–Trinajstić information content (AvgIpc) is 3.17. The Morgan fingerprint density at radius 3 is 2.37 bits per heavy atom. The third kappa shape index (κ3) is 6.00. The maximum atomic E-state index is 12.7. The molecule has 2 aromatic rings. The smallest absolute Gasteiger partial charge is 0.407 e. The minimum absolute atomic E-state index is 0.0235. The second kappa shape index (κ2) is 11.4. The van der Waals surface area contributed by atoms with Crippen molar-refractivity contribution < 1.29 is 29.0 Å². The van der Waals surface area contributed by atoms with Gasteiger partial charge >= 0.3 is 12.1 Å². The van der Waals surface area contributed by atoms with Crippen LogP contribution in [-0.4, -0.2) is 55.0 Å². The van der Waals surface area contributed by atoms with Gasteiger partial charge in [0, 0.05) is 36.9 Å². The van der Waals surface area contributed by atoms with E-state index in [0.717, 1.165) is 11.1 Å². The van der Waals surface area contributed by atoms with E-state index in [2.05, 4.69) is 34.9 Å². The van der Waals surface area contributed by atoms with Crippen molar-refractivity contribution in [1.29, 1.82) is 0 Å². The second-order valence-corrected chi connectivity index (χ2v) is 9.17. The van der Waals surface area contributed by atoms with Crippen LogP contribution in [0.2, 0.25) is 0 Å². The van der Waals surface area contributed by atoms with Gasteiger partial charge < -0.3 is 25.2 Å². The summed E-state index contributed by atoms with van der Waals surface area (Å²) in [7, 11) is 0. The molecule has 1 aliphatic carbocycles. The number of carbonyl (C=O) groups excluding carboxylic acids is 2. The van der Waals surface area contributed by atoms with E-state index < -0.39 is 18.1 Å². The number of ether oxygens (including phenoxy) is 2. The molecule has 1 aliphatic heterocycles. The number of hydrogen-bond donors (Lipinski definition) is 3. The predicted octanol–water partition coefficient (Wildman–Crippen LogP) is 3.69. The van der Waals surface area contributed by atoms with Crippen molar-refractivity contribution in [2.45, 2.75) is 50.6 Å². The number of carbonyl (C=O) groups is 3. The van der Waals surface area contributed by atoms with E-state index in [0.29, 0.717) is 26.1 Å². The van der Waals surface area contributed by atoms with Crippen LogP contribution in [0.3, 0.4) is 0 Å². The molecule has 3 unspecified atom stereocenters. The quantitative estimate of drug-likeness (QED) is 0.504. The minimum Gasteiger partial charge on any atom is -0.481 e. The van der Waals surface area contributed by atoms with Crippen molar-refractivity contribution in [3.05, 3.63) is 59.7 Å². The summed E-state index contributed by atoms with van der Waals surface area (Å²) in [6, 6.07) is 15.7. The first-order valence-electron chi connectivity index (χ1n) is 12.2. The van der Waals surface area contributed by atoms with Crippen molar-refractivity contribution >= 4 is 18.0 Å². The molecule has 35 heavy (non-hydrogen) atoms. The normalized spacial score (nSPS) is 19.8. The van der Waals surface area contributed by atoms with Crippen molar-refractivity contribution in [3.63, 3.8) is 0 Å². The van der Waals surface area contributed by atoms with Gasteiger partial charge in [0.05, 0.1) is 13.0 Å². The Morgan fingerprint density at radius 1 is 1.09 bits per heavy atom. The number of alkyl carbamates (subject to hydrolysis) is 1. The molecule has 3 atom stereocenters. The molecule has 0 saturated carbocycles. The van der Waals surface area contributed by atoms with Gasteiger partial charge in [-0.2, -0.15) is 0 Å². The molecule has 8 nitrogen and oxygen atoms in total. The number of rotatable bonds is 9. The summed E-state index contributed by atoms with van der Waals surface area (Å²) in [5.74, 6) is -1.43. The SMILES string of the molecule is CCC(CC(=O)O)NC(=O)CC1COCCC1NC(=O)OCC1c2ccccc2-c2ccccc21. The maximum Gasteiger partial charge on any atom is 0.407 e. The number of nitrogens with one attached hydrogen (secondary N) is 2. The topological polar surface area (TPSA) is 114 Å². The third-order valence-corrected chi connectivity index (χ3v) is 6.85. The molecule has 0 spiro atoms. The molecule has 0 aromatic heterocycles. The molecule has 4 rings (SSSR count). The molecule has 1 saturated heterocycles. The fraction of sp³-hybridized carbons (Fsp3) is 0.444. The number of amides is 2. The fourth-order valence-corrected chi connectivity index (χ4v) is 5.01. The number of hydrogen-bond acceptors (Lipinski definition) is 5. The van der Waals surface area contributed by atoms with Gasteiger partial charge in [0.15, 0.2) is 0 Å². The Balaban J connectivity index is 1.33. The molecule has 1 fully saturated rings. The monoisotopic (exact) mass is 480 g/mol. The zero-order chi connectivity index (χ0) is 24.8. The molecule has 2 aromatic carbocycles. The summed E-state index contributed by atoms with van der Waals surface area (Å²) in [5, 5.41) is 14.7. The van der Waals surface area contributed by atoms with Gasteiger partial charge in [-0.05, 0) is 35.1 Å². The highest BCUT2D eigenvalue weighted by Crippen LogP contribution is 2.44. The largest absolute Gasteiger partial charge is 0.481 e. The van der Waals surface area contributed by atoms with Crippen LogP contribution in [0, 0.1) is 5.92 Å². The molecule has 8 heteroatoms. The van der Waals surface area contributed by atoms with Gasteiger partial charge in [-0.25, -0.2) is 4.79 Å². The molecular formula is C27H32N2O6. The number of fused-ring (bicyclic) bond motifs is 3. The Morgan fingerprint density at radius 2 is 1.74 bits per heavy atom. The third-order valence-electron chi connectivity index (χ3n) is 6.85. The highest BCUT2D eigenvalue weighted by atomic mass is 16.5. The Labute approximate surface area is 205 Å². The zero-order valence-corrected chi connectivity index (χ0v) is 19.9. The number of carboxylic acids is 1. The van der Waals surface area contributed by atoms with Crippen LogP contribution in [0.4, 0.5) is 4.79 Å². The predicted molar refractivity (Wildman–Crippen MR) is 130 cm³/mol. The fourth-order valence-electron chi connectivity index (χ4n) is 5.01. The van der Waals surface area contributed by atoms with Gasteiger partial charge in [-0.3, -0.25) is 9.59 Å². The average molecular weight is 481 g/mol. The van der Waals surface area contributed by atoms with E-state index in [1.807, 2.05) is 31.2 Å². The number of aliphatic carboxylic acids is 1. The summed E-state index contributed by atoms with van der Waals surface area (Å²) in [6.45, 7) is 2.89. The second-order valence-electron chi connectivity index (χ2n) is 9.17. The van der Waals surface area contributed by atoms with Gasteiger partial charge in [-0.15, -0.1) is 0 Å². The highest BCUT2D eigenvalue weighted by molar-refractivity contribution is 5.79. The summed E-state index contributed by atoms with van der Waals surface area (Å²) in [5.41, 5.74) is 4.63. The molecule has 2 amide bonds. The van der Waals surface area contributed by atoms with Crippen molar-refractivity contribution in [2.24, 2.45) is 5.92 Å². The van der Waals surface area contributed by atoms with Crippen LogP contribution in [0.25, 0.3) is 11.1 Å². The van der Waals surface area contributed by atoms with E-state index >= 15 is 0 Å². The standard InChI is InChI=1S/C27H32N2O6/c1-2-18(14-26(31)32)28-25(30)13-17-15-34-12-11-24(17)29-27(33)35-16-23-21-9-5-3-7-19(21)20-8-4-6-10-22(20)23/h3-10,17-18,23-24H,2,11-16H2,1H3,(H,28,30)(H,29,33)(H,31,32). The van der Waals surface area contributed by atoms with Crippen molar-refractivity contribution in [3.8, 4) is 11.1 Å². The number of carboxylic acid groups (broad SMARTS) is 1. The Hall–Kier alpha value is -3.39. The summed E-state index contributed by atoms with van der Waals surface area (Å²) in [4.78, 5) is 36.2. The Bertz CT molecular complexity index is 1030. The molecule has 1 heterocycles. The van der Waals surface area contributed by atoms with E-state index in [1.165, 1.54) is 11.1 Å².